The molecule has 0 aliphatic heterocycles. The van der Waals surface area contributed by atoms with E-state index in [2.05, 4.69) is 9.73 Å². The van der Waals surface area contributed by atoms with Gasteiger partial charge in [-0.25, -0.2) is 8.42 Å². The van der Waals surface area contributed by atoms with Crippen molar-refractivity contribution in [2.75, 3.05) is 12.9 Å². The number of fused-ring (bicyclic) bond motifs is 1. The topological polar surface area (TPSA) is 138 Å². The molecule has 1 heterocycles. The van der Waals surface area contributed by atoms with Crippen LogP contribution in [-0.4, -0.2) is 42.6 Å². The monoisotopic (exact) mass is 477 g/mol. The Morgan fingerprint density at radius 3 is 2.56 bits per heavy atom. The fraction of sp³-hybridized carbons (Fsp3) is 0.250. The summed E-state index contributed by atoms with van der Waals surface area (Å²) in [6.07, 6.45) is -0.0361. The number of hydrogen-bond acceptors (Lipinski definition) is 8. The zero-order valence-corrected chi connectivity index (χ0v) is 18.6. The number of non-ortho nitro benzene ring substituents is 1. The fourth-order valence-electron chi connectivity index (χ4n) is 2.92. The molecular formula is C20H19N3O7S2. The Kier molecular flexibility index (Phi) is 7.15. The summed E-state index contributed by atoms with van der Waals surface area (Å²) < 4.78 is 31.3. The Labute approximate surface area is 186 Å². The lowest BCUT2D eigenvalue weighted by molar-refractivity contribution is -0.384. The Balaban J connectivity index is 1.84. The first-order chi connectivity index (χ1) is 15.2. The molecule has 10 nitrogen and oxygen atoms in total. The molecule has 1 amide bonds. The number of carbonyl (C=O) groups is 2. The van der Waals surface area contributed by atoms with Crippen molar-refractivity contribution in [2.24, 2.45) is 4.99 Å². The van der Waals surface area contributed by atoms with Crippen LogP contribution in [0.4, 0.5) is 5.69 Å². The summed E-state index contributed by atoms with van der Waals surface area (Å²) in [5, 5.41) is 11.1. The molecule has 0 aliphatic carbocycles. The van der Waals surface area contributed by atoms with Crippen molar-refractivity contribution >= 4 is 49.0 Å². The minimum atomic E-state index is -3.51. The first kappa shape index (κ1) is 23.3. The van der Waals surface area contributed by atoms with Crippen LogP contribution in [0.3, 0.4) is 0 Å². The highest BCUT2D eigenvalue weighted by Gasteiger charge is 2.17. The number of amides is 1. The Hall–Kier alpha value is -3.38. The van der Waals surface area contributed by atoms with Gasteiger partial charge in [0.25, 0.3) is 5.69 Å². The van der Waals surface area contributed by atoms with E-state index in [1.807, 2.05) is 0 Å². The zero-order valence-electron chi connectivity index (χ0n) is 17.0. The van der Waals surface area contributed by atoms with Crippen LogP contribution >= 0.6 is 11.3 Å². The summed E-state index contributed by atoms with van der Waals surface area (Å²) in [6.45, 7) is -0.286. The number of methoxy groups -OCH3 is 1. The van der Waals surface area contributed by atoms with Gasteiger partial charge in [-0.15, -0.1) is 0 Å². The number of rotatable bonds is 8. The van der Waals surface area contributed by atoms with Crippen molar-refractivity contribution in [1.29, 1.82) is 0 Å². The first-order valence-corrected chi connectivity index (χ1v) is 11.9. The fourth-order valence-corrected chi connectivity index (χ4v) is 5.28. The third-order valence-corrected chi connectivity index (χ3v) is 7.39. The van der Waals surface area contributed by atoms with E-state index < -0.39 is 26.6 Å². The predicted octanol–water partition coefficient (Wildman–Crippen LogP) is 2.47. The molecule has 12 heteroatoms. The van der Waals surface area contributed by atoms with Gasteiger partial charge in [-0.1, -0.05) is 29.5 Å². The van der Waals surface area contributed by atoms with E-state index in [1.165, 1.54) is 42.0 Å². The van der Waals surface area contributed by atoms with Gasteiger partial charge < -0.3 is 9.30 Å². The zero-order chi connectivity index (χ0) is 23.3. The Bertz CT molecular complexity index is 1340. The second-order valence-electron chi connectivity index (χ2n) is 6.70. The third-order valence-electron chi connectivity index (χ3n) is 4.52. The van der Waals surface area contributed by atoms with Crippen LogP contribution in [-0.2, 0) is 30.7 Å². The molecule has 0 atom stereocenters. The Morgan fingerprint density at radius 1 is 1.19 bits per heavy atom. The molecule has 3 aromatic rings. The molecule has 0 N–H and O–H groups in total. The molecule has 0 saturated carbocycles. The maximum absolute atomic E-state index is 12.4. The molecule has 0 radical (unpaired) electrons. The molecule has 0 unspecified atom stereocenters. The van der Waals surface area contributed by atoms with E-state index in [4.69, 9.17) is 0 Å². The van der Waals surface area contributed by atoms with Crippen molar-refractivity contribution in [2.45, 2.75) is 24.3 Å². The van der Waals surface area contributed by atoms with Crippen LogP contribution < -0.4 is 4.80 Å². The maximum Gasteiger partial charge on any atom is 0.325 e. The van der Waals surface area contributed by atoms with Crippen molar-refractivity contribution < 1.29 is 27.7 Å². The molecule has 3 rings (SSSR count). The van der Waals surface area contributed by atoms with Crippen LogP contribution in [0.25, 0.3) is 10.2 Å². The number of nitrogens with zero attached hydrogens (tertiary/aromatic N) is 3. The molecule has 168 valence electrons. The molecular weight excluding hydrogens is 458 g/mol. The highest BCUT2D eigenvalue weighted by molar-refractivity contribution is 7.91. The van der Waals surface area contributed by atoms with Gasteiger partial charge in [0, 0.05) is 18.6 Å². The normalized spacial score (nSPS) is 12.1. The number of nitro groups is 1. The minimum absolute atomic E-state index is 0.0763. The number of benzene rings is 2. The van der Waals surface area contributed by atoms with Crippen LogP contribution in [0.15, 0.2) is 58.4 Å². The van der Waals surface area contributed by atoms with Crippen LogP contribution in [0.1, 0.15) is 12.8 Å². The highest BCUT2D eigenvalue weighted by atomic mass is 32.2. The van der Waals surface area contributed by atoms with Gasteiger partial charge in [-0.05, 0) is 24.6 Å². The highest BCUT2D eigenvalue weighted by Crippen LogP contribution is 2.23. The van der Waals surface area contributed by atoms with Gasteiger partial charge in [0.2, 0.25) is 5.91 Å². The van der Waals surface area contributed by atoms with Crippen molar-refractivity contribution in [1.82, 2.24) is 4.57 Å². The number of thiazole rings is 1. The average molecular weight is 478 g/mol. The second-order valence-corrected chi connectivity index (χ2v) is 9.82. The summed E-state index contributed by atoms with van der Waals surface area (Å²) >= 11 is 1.09. The van der Waals surface area contributed by atoms with Crippen LogP contribution in [0.2, 0.25) is 0 Å². The number of hydrogen-bond donors (Lipinski definition) is 0. The van der Waals surface area contributed by atoms with E-state index in [0.717, 1.165) is 11.3 Å². The molecule has 32 heavy (non-hydrogen) atoms. The number of carbonyl (C=O) groups excluding carboxylic acids is 2. The standard InChI is InChI=1S/C20H19N3O7S2/c1-30-19(25)13-22-16-12-14(23(26)27)9-10-17(16)31-20(22)21-18(24)8-5-11-32(28,29)15-6-3-2-4-7-15/h2-4,6-7,9-10,12H,5,8,11,13H2,1H3. The minimum Gasteiger partial charge on any atom is -0.468 e. The summed E-state index contributed by atoms with van der Waals surface area (Å²) in [5.74, 6) is -1.38. The van der Waals surface area contributed by atoms with E-state index in [1.54, 1.807) is 18.2 Å². The molecule has 0 spiro atoms. The number of aromatic nitrogens is 1. The van der Waals surface area contributed by atoms with E-state index in [-0.39, 0.29) is 40.5 Å². The largest absolute Gasteiger partial charge is 0.468 e. The van der Waals surface area contributed by atoms with Crippen molar-refractivity contribution in [3.05, 3.63) is 63.4 Å². The molecule has 0 fully saturated rings. The first-order valence-electron chi connectivity index (χ1n) is 9.41. The number of sulfone groups is 1. The average Bonchev–Trinajstić information content (AvgIpc) is 3.10. The predicted molar refractivity (Wildman–Crippen MR) is 117 cm³/mol. The maximum atomic E-state index is 12.4. The lowest BCUT2D eigenvalue weighted by Gasteiger charge is -2.04. The quantitative estimate of drug-likeness (QED) is 0.276. The van der Waals surface area contributed by atoms with Gasteiger partial charge in [-0.2, -0.15) is 4.99 Å². The smallest absolute Gasteiger partial charge is 0.325 e. The van der Waals surface area contributed by atoms with E-state index in [9.17, 15) is 28.1 Å². The molecule has 1 aromatic heterocycles. The van der Waals surface area contributed by atoms with Crippen molar-refractivity contribution in [3.8, 4) is 0 Å². The SMILES string of the molecule is COC(=O)Cn1c(=NC(=O)CCCS(=O)(=O)c2ccccc2)sc2ccc([N+](=O)[O-])cc21. The third kappa shape index (κ3) is 5.45. The molecule has 2 aromatic carbocycles. The van der Waals surface area contributed by atoms with Gasteiger partial charge in [0.1, 0.15) is 6.54 Å². The molecule has 0 aliphatic rings. The number of esters is 1. The van der Waals surface area contributed by atoms with E-state index >= 15 is 0 Å². The van der Waals surface area contributed by atoms with Gasteiger partial charge in [0.15, 0.2) is 14.6 Å². The Morgan fingerprint density at radius 2 is 1.91 bits per heavy atom. The summed E-state index contributed by atoms with van der Waals surface area (Å²) in [7, 11) is -2.31. The summed E-state index contributed by atoms with van der Waals surface area (Å²) in [5.41, 5.74) is 0.200. The van der Waals surface area contributed by atoms with Crippen LogP contribution in [0, 0.1) is 10.1 Å². The van der Waals surface area contributed by atoms with Crippen LogP contribution in [0.5, 0.6) is 0 Å². The summed E-state index contributed by atoms with van der Waals surface area (Å²) in [6, 6.07) is 12.1. The second kappa shape index (κ2) is 9.83. The van der Waals surface area contributed by atoms with Gasteiger partial charge in [0.05, 0.1) is 32.9 Å². The van der Waals surface area contributed by atoms with E-state index in [0.29, 0.717) is 10.2 Å². The lowest BCUT2D eigenvalue weighted by atomic mass is 10.3. The van der Waals surface area contributed by atoms with Gasteiger partial charge in [-0.3, -0.25) is 19.7 Å². The molecule has 0 saturated heterocycles. The number of ether oxygens (including phenoxy) is 1. The number of nitro benzene ring substituents is 1. The van der Waals surface area contributed by atoms with Crippen molar-refractivity contribution in [3.63, 3.8) is 0 Å². The summed E-state index contributed by atoms with van der Waals surface area (Å²) in [4.78, 5) is 39.1. The molecule has 0 bridgehead atoms. The lowest BCUT2D eigenvalue weighted by Crippen LogP contribution is -2.22. The van der Waals surface area contributed by atoms with Gasteiger partial charge >= 0.3 is 5.97 Å².